The van der Waals surface area contributed by atoms with E-state index in [4.69, 9.17) is 0 Å². The molecule has 0 atom stereocenters. The van der Waals surface area contributed by atoms with Crippen LogP contribution in [0.1, 0.15) is 89.0 Å². The highest BCUT2D eigenvalue weighted by Gasteiger charge is 2.40. The third-order valence-electron chi connectivity index (χ3n) is 17.4. The van der Waals surface area contributed by atoms with E-state index in [0.29, 0.717) is 0 Å². The topological polar surface area (TPSA) is 6.48 Å². The molecule has 0 heterocycles. The number of nitrogens with zero attached hydrogens (tertiary/aromatic N) is 2. The molecule has 12 aromatic rings. The van der Waals surface area contributed by atoms with Gasteiger partial charge in [-0.15, -0.1) is 0 Å². The Hall–Kier alpha value is -9.76. The molecule has 0 saturated heterocycles. The molecule has 0 aliphatic heterocycles. The zero-order valence-corrected chi connectivity index (χ0v) is 48.3. The lowest BCUT2D eigenvalue weighted by molar-refractivity contribution is 0.744. The normalized spacial score (nSPS) is 11.9. The van der Waals surface area contributed by atoms with E-state index in [0.717, 1.165) is 40.5 Å². The van der Waals surface area contributed by atoms with Gasteiger partial charge in [0.1, 0.15) is 0 Å². The van der Waals surface area contributed by atoms with Crippen LogP contribution in [0.25, 0.3) is 11.1 Å². The highest BCUT2D eigenvalue weighted by atomic mass is 15.1. The summed E-state index contributed by atoms with van der Waals surface area (Å²) in [7, 11) is 0. The Bertz CT molecular complexity index is 3700. The fraction of sp³-hybridized carbons (Fsp3) is 0.111. The van der Waals surface area contributed by atoms with E-state index < -0.39 is 10.8 Å². The lowest BCUT2D eigenvalue weighted by Gasteiger charge is -2.37. The molecule has 83 heavy (non-hydrogen) atoms. The summed E-state index contributed by atoms with van der Waals surface area (Å²) in [5, 5.41) is 0. The summed E-state index contributed by atoms with van der Waals surface area (Å²) in [5.74, 6) is 0. The lowest BCUT2D eigenvalue weighted by atomic mass is 9.65. The number of fused-ring (bicyclic) bond motifs is 3. The van der Waals surface area contributed by atoms with Crippen molar-refractivity contribution in [3.63, 3.8) is 0 Å². The van der Waals surface area contributed by atoms with Crippen LogP contribution in [0.5, 0.6) is 0 Å². The van der Waals surface area contributed by atoms with Crippen molar-refractivity contribution in [3.05, 3.63) is 380 Å². The van der Waals surface area contributed by atoms with Crippen molar-refractivity contribution in [1.82, 2.24) is 0 Å². The van der Waals surface area contributed by atoms with Gasteiger partial charge in [-0.2, -0.15) is 0 Å². The molecule has 0 radical (unpaired) electrons. The third-order valence-corrected chi connectivity index (χ3v) is 17.4. The van der Waals surface area contributed by atoms with Gasteiger partial charge in [-0.3, -0.25) is 0 Å². The van der Waals surface area contributed by atoms with E-state index in [1.807, 2.05) is 0 Å². The van der Waals surface area contributed by atoms with Crippen LogP contribution in [0.2, 0.25) is 0 Å². The standard InChI is InChI=1S/C81H68N2/c1-56-17-29-64(30-18-56)80(65-31-19-57(2)20-32-65,66-33-21-58(3)22-34-66)70-41-45-74(46-42-70)82(72-13-9-7-10-14-72)76-49-51-78-62(54-76)53-63-55-77(50-52-79(63)78)83(73-15-11-8-12-16-73)75-47-43-71(44-48-75)81(67-35-23-59(4)24-36-67,68-37-25-60(5)26-38-68)69-39-27-61(6)28-40-69/h7-52,54-55H,53H2,1-6H3. The first-order chi connectivity index (χ1) is 40.6. The second-order valence-corrected chi connectivity index (χ2v) is 23.0. The molecule has 13 rings (SSSR count). The molecule has 0 saturated carbocycles. The van der Waals surface area contributed by atoms with Crippen LogP contribution in [0.4, 0.5) is 34.1 Å². The van der Waals surface area contributed by atoms with Crippen molar-refractivity contribution < 1.29 is 0 Å². The molecular weight excluding hydrogens is 1000 g/mol. The second-order valence-electron chi connectivity index (χ2n) is 23.0. The summed E-state index contributed by atoms with van der Waals surface area (Å²) in [5.41, 5.74) is 28.1. The Morgan fingerprint density at radius 3 is 0.663 bits per heavy atom. The van der Waals surface area contributed by atoms with Gasteiger partial charge in [-0.25, -0.2) is 0 Å². The first-order valence-corrected chi connectivity index (χ1v) is 29.2. The lowest BCUT2D eigenvalue weighted by Crippen LogP contribution is -2.31. The van der Waals surface area contributed by atoms with Gasteiger partial charge in [0.15, 0.2) is 0 Å². The average Bonchev–Trinajstić information content (AvgIpc) is 2.97. The predicted octanol–water partition coefficient (Wildman–Crippen LogP) is 20.8. The minimum atomic E-state index is -0.556. The number of hydrogen-bond donors (Lipinski definition) is 0. The zero-order valence-electron chi connectivity index (χ0n) is 48.3. The van der Waals surface area contributed by atoms with E-state index >= 15 is 0 Å². The Balaban J connectivity index is 0.869. The maximum absolute atomic E-state index is 2.42. The van der Waals surface area contributed by atoms with E-state index in [1.54, 1.807) is 0 Å². The quantitative estimate of drug-likeness (QED) is 0.100. The van der Waals surface area contributed by atoms with Gasteiger partial charge in [-0.05, 0) is 188 Å². The van der Waals surface area contributed by atoms with Gasteiger partial charge in [-0.1, -0.05) is 252 Å². The number of aryl methyl sites for hydroxylation is 6. The van der Waals surface area contributed by atoms with Gasteiger partial charge >= 0.3 is 0 Å². The monoisotopic (exact) mass is 1070 g/mol. The summed E-state index contributed by atoms with van der Waals surface area (Å²) in [6, 6.07) is 109. The van der Waals surface area contributed by atoms with Crippen LogP contribution in [0.15, 0.2) is 291 Å². The Morgan fingerprint density at radius 1 is 0.217 bits per heavy atom. The summed E-state index contributed by atoms with van der Waals surface area (Å²) in [4.78, 5) is 4.82. The molecular formula is C81H68N2. The van der Waals surface area contributed by atoms with Crippen molar-refractivity contribution in [2.45, 2.75) is 58.8 Å². The Kier molecular flexibility index (Phi) is 13.9. The van der Waals surface area contributed by atoms with Crippen LogP contribution >= 0.6 is 0 Å². The number of anilines is 6. The highest BCUT2D eigenvalue weighted by molar-refractivity contribution is 5.86. The molecule has 0 amide bonds. The van der Waals surface area contributed by atoms with Crippen molar-refractivity contribution in [2.24, 2.45) is 0 Å². The highest BCUT2D eigenvalue weighted by Crippen LogP contribution is 2.50. The van der Waals surface area contributed by atoms with Crippen LogP contribution in [-0.4, -0.2) is 0 Å². The SMILES string of the molecule is Cc1ccc(C(c2ccc(C)cc2)(c2ccc(C)cc2)c2ccc(N(c3ccccc3)c3ccc4c(c3)Cc3cc(N(c5ccccc5)c5ccc(C(c6ccc(C)cc6)(c6ccc(C)cc6)c6ccc(C)cc6)cc5)ccc3-4)cc2)cc1. The van der Waals surface area contributed by atoms with Crippen molar-refractivity contribution >= 4 is 34.1 Å². The molecule has 0 N–H and O–H groups in total. The van der Waals surface area contributed by atoms with Gasteiger partial charge in [0.05, 0.1) is 10.8 Å². The maximum Gasteiger partial charge on any atom is 0.0701 e. The van der Waals surface area contributed by atoms with E-state index in [2.05, 4.69) is 343 Å². The van der Waals surface area contributed by atoms with Crippen molar-refractivity contribution in [3.8, 4) is 11.1 Å². The van der Waals surface area contributed by atoms with E-state index in [9.17, 15) is 0 Å². The smallest absolute Gasteiger partial charge is 0.0701 e. The van der Waals surface area contributed by atoms with Crippen LogP contribution in [0.3, 0.4) is 0 Å². The molecule has 0 spiro atoms. The Morgan fingerprint density at radius 2 is 0.422 bits per heavy atom. The fourth-order valence-corrected chi connectivity index (χ4v) is 13.1. The molecule has 1 aliphatic carbocycles. The summed E-state index contributed by atoms with van der Waals surface area (Å²) in [6.07, 6.45) is 0.827. The minimum Gasteiger partial charge on any atom is -0.310 e. The van der Waals surface area contributed by atoms with E-state index in [1.165, 1.54) is 100 Å². The summed E-state index contributed by atoms with van der Waals surface area (Å²) in [6.45, 7) is 13.0. The van der Waals surface area contributed by atoms with Crippen LogP contribution in [-0.2, 0) is 17.3 Å². The molecule has 0 fully saturated rings. The third kappa shape index (κ3) is 9.64. The van der Waals surface area contributed by atoms with Crippen molar-refractivity contribution in [1.29, 1.82) is 0 Å². The van der Waals surface area contributed by atoms with Gasteiger partial charge in [0, 0.05) is 34.1 Å². The second kappa shape index (κ2) is 21.9. The number of benzene rings is 12. The molecule has 402 valence electrons. The maximum atomic E-state index is 2.42. The fourth-order valence-electron chi connectivity index (χ4n) is 13.1. The van der Waals surface area contributed by atoms with Crippen molar-refractivity contribution in [2.75, 3.05) is 9.80 Å². The zero-order chi connectivity index (χ0) is 56.7. The molecule has 2 heteroatoms. The molecule has 0 unspecified atom stereocenters. The molecule has 2 nitrogen and oxygen atoms in total. The summed E-state index contributed by atoms with van der Waals surface area (Å²) < 4.78 is 0. The first-order valence-electron chi connectivity index (χ1n) is 29.2. The molecule has 0 aromatic heterocycles. The van der Waals surface area contributed by atoms with Gasteiger partial charge < -0.3 is 9.80 Å². The first kappa shape index (κ1) is 52.6. The number of hydrogen-bond acceptors (Lipinski definition) is 2. The van der Waals surface area contributed by atoms with E-state index in [-0.39, 0.29) is 0 Å². The number of para-hydroxylation sites is 2. The van der Waals surface area contributed by atoms with Gasteiger partial charge in [0.2, 0.25) is 0 Å². The minimum absolute atomic E-state index is 0.556. The van der Waals surface area contributed by atoms with Crippen LogP contribution < -0.4 is 9.80 Å². The Labute approximate surface area is 491 Å². The largest absolute Gasteiger partial charge is 0.310 e. The number of rotatable bonds is 14. The van der Waals surface area contributed by atoms with Crippen LogP contribution in [0, 0.1) is 41.5 Å². The predicted molar refractivity (Wildman–Crippen MR) is 349 cm³/mol. The molecule has 0 bridgehead atoms. The molecule has 1 aliphatic rings. The summed E-state index contributed by atoms with van der Waals surface area (Å²) >= 11 is 0. The molecule has 12 aromatic carbocycles. The average molecular weight is 1070 g/mol. The van der Waals surface area contributed by atoms with Gasteiger partial charge in [0.25, 0.3) is 0 Å².